The van der Waals surface area contributed by atoms with E-state index in [1.807, 2.05) is 45.0 Å². The van der Waals surface area contributed by atoms with Crippen molar-refractivity contribution in [1.29, 1.82) is 0 Å². The second-order valence-electron chi connectivity index (χ2n) is 6.32. The molecule has 2 atom stereocenters. The topological polar surface area (TPSA) is 70.6 Å². The van der Waals surface area contributed by atoms with Crippen LogP contribution in [0.5, 0.6) is 5.75 Å². The normalized spacial score (nSPS) is 21.6. The van der Waals surface area contributed by atoms with Crippen molar-refractivity contribution in [2.45, 2.75) is 51.4 Å². The number of ether oxygens (including phenoxy) is 1. The van der Waals surface area contributed by atoms with Crippen LogP contribution in [-0.2, 0) is 4.79 Å². The van der Waals surface area contributed by atoms with Crippen molar-refractivity contribution in [2.75, 3.05) is 13.1 Å². The fourth-order valence-electron chi connectivity index (χ4n) is 2.63. The molecular weight excluding hydrogens is 316 g/mol. The highest BCUT2D eigenvalue weighted by atomic mass is 35.5. The molecule has 1 amide bonds. The Kier molecular flexibility index (Phi) is 7.32. The zero-order valence-corrected chi connectivity index (χ0v) is 14.8. The van der Waals surface area contributed by atoms with Gasteiger partial charge >= 0.3 is 0 Å². The summed E-state index contributed by atoms with van der Waals surface area (Å²) in [5, 5.41) is 16.2. The third-order valence-electron chi connectivity index (χ3n) is 3.96. The van der Waals surface area contributed by atoms with Gasteiger partial charge in [-0.1, -0.05) is 12.1 Å². The molecule has 1 aliphatic heterocycles. The van der Waals surface area contributed by atoms with Gasteiger partial charge < -0.3 is 20.5 Å². The second-order valence-corrected chi connectivity index (χ2v) is 6.32. The van der Waals surface area contributed by atoms with Gasteiger partial charge in [-0.05, 0) is 57.9 Å². The van der Waals surface area contributed by atoms with Crippen LogP contribution in [0.1, 0.15) is 45.3 Å². The van der Waals surface area contributed by atoms with Crippen molar-refractivity contribution < 1.29 is 14.6 Å². The Hall–Kier alpha value is -1.30. The van der Waals surface area contributed by atoms with Gasteiger partial charge in [0.05, 0.1) is 17.7 Å². The molecule has 1 heterocycles. The van der Waals surface area contributed by atoms with Gasteiger partial charge in [0.1, 0.15) is 5.75 Å². The van der Waals surface area contributed by atoms with Gasteiger partial charge in [0.15, 0.2) is 0 Å². The van der Waals surface area contributed by atoms with Gasteiger partial charge in [-0.25, -0.2) is 0 Å². The van der Waals surface area contributed by atoms with E-state index >= 15 is 0 Å². The van der Waals surface area contributed by atoms with Crippen LogP contribution < -0.4 is 15.4 Å². The maximum Gasteiger partial charge on any atom is 0.240 e. The lowest BCUT2D eigenvalue weighted by atomic mass is 9.99. The molecule has 0 aliphatic carbocycles. The second kappa shape index (κ2) is 8.52. The largest absolute Gasteiger partial charge is 0.491 e. The molecule has 0 aromatic heterocycles. The van der Waals surface area contributed by atoms with Crippen LogP contribution in [0.15, 0.2) is 24.3 Å². The smallest absolute Gasteiger partial charge is 0.240 e. The van der Waals surface area contributed by atoms with E-state index in [1.165, 1.54) is 0 Å². The van der Waals surface area contributed by atoms with E-state index in [9.17, 15) is 9.90 Å². The number of amides is 1. The van der Waals surface area contributed by atoms with E-state index in [4.69, 9.17) is 4.74 Å². The Morgan fingerprint density at radius 1 is 1.39 bits per heavy atom. The fraction of sp³-hybridized carbons (Fsp3) is 0.588. The van der Waals surface area contributed by atoms with Gasteiger partial charge in [0.2, 0.25) is 5.91 Å². The predicted octanol–water partition coefficient (Wildman–Crippen LogP) is 2.19. The Balaban J connectivity index is 0.00000264. The van der Waals surface area contributed by atoms with Crippen LogP contribution in [-0.4, -0.2) is 35.7 Å². The molecular formula is C17H27ClN2O3. The number of rotatable bonds is 6. The van der Waals surface area contributed by atoms with Gasteiger partial charge in [0.25, 0.3) is 0 Å². The van der Waals surface area contributed by atoms with Crippen LogP contribution in [0.3, 0.4) is 0 Å². The lowest BCUT2D eigenvalue weighted by Crippen LogP contribution is -2.51. The molecule has 130 valence electrons. The molecule has 6 heteroatoms. The summed E-state index contributed by atoms with van der Waals surface area (Å²) in [6.45, 7) is 6.91. The summed E-state index contributed by atoms with van der Waals surface area (Å²) >= 11 is 0. The van der Waals surface area contributed by atoms with Gasteiger partial charge in [-0.3, -0.25) is 4.79 Å². The average molecular weight is 343 g/mol. The number of carbonyl (C=O) groups excluding carboxylic acids is 1. The summed E-state index contributed by atoms with van der Waals surface area (Å²) in [5.74, 6) is 0.724. The molecule has 2 rings (SSSR count). The molecule has 0 bridgehead atoms. The molecule has 23 heavy (non-hydrogen) atoms. The van der Waals surface area contributed by atoms with Crippen LogP contribution in [0.4, 0.5) is 0 Å². The number of aliphatic hydroxyl groups is 1. The van der Waals surface area contributed by atoms with Gasteiger partial charge in [-0.15, -0.1) is 12.4 Å². The standard InChI is InChI=1S/C17H26N2O3.ClH/c1-12(2)22-14-7-5-13(6-8-14)15(20)11-18-16(21)17(3)9-4-10-19-17;/h5-8,12,15,19-20H,4,9-11H2,1-3H3,(H,18,21);1H. The Bertz CT molecular complexity index is 499. The molecule has 1 aliphatic rings. The molecule has 0 radical (unpaired) electrons. The summed E-state index contributed by atoms with van der Waals surface area (Å²) in [4.78, 5) is 12.2. The highest BCUT2D eigenvalue weighted by molar-refractivity contribution is 5.86. The van der Waals surface area contributed by atoms with Crippen LogP contribution in [0, 0.1) is 0 Å². The first-order valence-corrected chi connectivity index (χ1v) is 7.89. The van der Waals surface area contributed by atoms with Crippen molar-refractivity contribution in [1.82, 2.24) is 10.6 Å². The Morgan fingerprint density at radius 3 is 2.57 bits per heavy atom. The lowest BCUT2D eigenvalue weighted by Gasteiger charge is -2.24. The summed E-state index contributed by atoms with van der Waals surface area (Å²) < 4.78 is 5.57. The number of hydrogen-bond donors (Lipinski definition) is 3. The Labute approximate surface area is 144 Å². The van der Waals surface area contributed by atoms with Crippen molar-refractivity contribution in [3.8, 4) is 5.75 Å². The van der Waals surface area contributed by atoms with Crippen molar-refractivity contribution in [2.24, 2.45) is 0 Å². The molecule has 2 unspecified atom stereocenters. The molecule has 1 saturated heterocycles. The molecule has 3 N–H and O–H groups in total. The van der Waals surface area contributed by atoms with Crippen LogP contribution in [0.2, 0.25) is 0 Å². The van der Waals surface area contributed by atoms with Crippen molar-refractivity contribution in [3.05, 3.63) is 29.8 Å². The van der Waals surface area contributed by atoms with Crippen molar-refractivity contribution >= 4 is 18.3 Å². The highest BCUT2D eigenvalue weighted by Crippen LogP contribution is 2.20. The van der Waals surface area contributed by atoms with Crippen LogP contribution >= 0.6 is 12.4 Å². The highest BCUT2D eigenvalue weighted by Gasteiger charge is 2.35. The maximum atomic E-state index is 12.2. The van der Waals surface area contributed by atoms with Crippen molar-refractivity contribution in [3.63, 3.8) is 0 Å². The monoisotopic (exact) mass is 342 g/mol. The van der Waals surface area contributed by atoms with E-state index in [0.717, 1.165) is 30.7 Å². The molecule has 1 fully saturated rings. The summed E-state index contributed by atoms with van der Waals surface area (Å²) in [6.07, 6.45) is 1.23. The summed E-state index contributed by atoms with van der Waals surface area (Å²) in [6, 6.07) is 7.31. The molecule has 1 aromatic carbocycles. The molecule has 0 spiro atoms. The fourth-order valence-corrected chi connectivity index (χ4v) is 2.63. The number of nitrogens with one attached hydrogen (secondary N) is 2. The molecule has 1 aromatic rings. The van der Waals surface area contributed by atoms with E-state index in [-0.39, 0.29) is 31.0 Å². The first-order chi connectivity index (χ1) is 10.4. The number of hydrogen-bond acceptors (Lipinski definition) is 4. The Morgan fingerprint density at radius 2 is 2.04 bits per heavy atom. The molecule has 0 saturated carbocycles. The maximum absolute atomic E-state index is 12.2. The first-order valence-electron chi connectivity index (χ1n) is 7.89. The average Bonchev–Trinajstić information content (AvgIpc) is 2.92. The summed E-state index contributed by atoms with van der Waals surface area (Å²) in [7, 11) is 0. The lowest BCUT2D eigenvalue weighted by molar-refractivity contribution is -0.127. The SMILES string of the molecule is CC(C)Oc1ccc(C(O)CNC(=O)C2(C)CCCN2)cc1.Cl. The number of halogens is 1. The van der Waals surface area contributed by atoms with E-state index < -0.39 is 11.6 Å². The van der Waals surface area contributed by atoms with Crippen LogP contribution in [0.25, 0.3) is 0 Å². The first kappa shape index (κ1) is 19.7. The third kappa shape index (κ3) is 5.37. The zero-order chi connectivity index (χ0) is 16.2. The minimum Gasteiger partial charge on any atom is -0.491 e. The minimum atomic E-state index is -0.720. The number of carbonyl (C=O) groups is 1. The third-order valence-corrected chi connectivity index (χ3v) is 3.96. The zero-order valence-electron chi connectivity index (χ0n) is 14.0. The van der Waals surface area contributed by atoms with E-state index in [1.54, 1.807) is 0 Å². The van der Waals surface area contributed by atoms with Gasteiger partial charge in [0, 0.05) is 6.54 Å². The van der Waals surface area contributed by atoms with E-state index in [2.05, 4.69) is 10.6 Å². The quantitative estimate of drug-likeness (QED) is 0.741. The van der Waals surface area contributed by atoms with Gasteiger partial charge in [-0.2, -0.15) is 0 Å². The number of benzene rings is 1. The van der Waals surface area contributed by atoms with E-state index in [0.29, 0.717) is 0 Å². The summed E-state index contributed by atoms with van der Waals surface area (Å²) in [5.41, 5.74) is 0.259. The molecule has 5 nitrogen and oxygen atoms in total. The number of aliphatic hydroxyl groups excluding tert-OH is 1. The minimum absolute atomic E-state index is 0. The predicted molar refractivity (Wildman–Crippen MR) is 93.1 cm³/mol.